The lowest BCUT2D eigenvalue weighted by atomic mass is 9.95. The molecule has 26 heavy (non-hydrogen) atoms. The molecular weight excluding hydrogens is 346 g/mol. The predicted molar refractivity (Wildman–Crippen MR) is 105 cm³/mol. The van der Waals surface area contributed by atoms with Crippen LogP contribution in [0.25, 0.3) is 10.9 Å². The Morgan fingerprint density at radius 3 is 2.81 bits per heavy atom. The molecule has 1 aliphatic carbocycles. The van der Waals surface area contributed by atoms with Gasteiger partial charge in [0.25, 0.3) is 5.91 Å². The normalized spacial score (nSPS) is 15.3. The zero-order valence-electron chi connectivity index (χ0n) is 15.1. The van der Waals surface area contributed by atoms with Crippen molar-refractivity contribution in [1.82, 2.24) is 9.55 Å². The minimum absolute atomic E-state index is 0.106. The number of aromatic nitrogens is 2. The maximum Gasteiger partial charge on any atom is 0.259 e. The molecule has 0 spiro atoms. The van der Waals surface area contributed by atoms with Gasteiger partial charge in [-0.15, -0.1) is 11.3 Å². The minimum Gasteiger partial charge on any atom is -0.497 e. The van der Waals surface area contributed by atoms with Gasteiger partial charge in [-0.2, -0.15) is 0 Å². The van der Waals surface area contributed by atoms with Crippen LogP contribution >= 0.6 is 11.3 Å². The molecule has 1 amide bonds. The van der Waals surface area contributed by atoms with Crippen LogP contribution in [0.2, 0.25) is 0 Å². The minimum atomic E-state index is -0.106. The second kappa shape index (κ2) is 7.11. The summed E-state index contributed by atoms with van der Waals surface area (Å²) in [5.74, 6) is 0.659. The number of carbonyl (C=O) groups excluding carboxylic acids is 1. The van der Waals surface area contributed by atoms with Crippen LogP contribution < -0.4 is 10.1 Å². The maximum atomic E-state index is 13.0. The first-order chi connectivity index (χ1) is 12.7. The summed E-state index contributed by atoms with van der Waals surface area (Å²) < 4.78 is 7.77. The van der Waals surface area contributed by atoms with Crippen molar-refractivity contribution < 1.29 is 9.53 Å². The average molecular weight is 369 g/mol. The van der Waals surface area contributed by atoms with E-state index in [-0.39, 0.29) is 5.91 Å². The number of fused-ring (bicyclic) bond motifs is 1. The van der Waals surface area contributed by atoms with E-state index in [2.05, 4.69) is 27.9 Å². The number of ether oxygens (including phenoxy) is 1. The number of anilines is 1. The van der Waals surface area contributed by atoms with Crippen LogP contribution in [0.3, 0.4) is 0 Å². The fraction of sp³-hybridized carbons (Fsp3) is 0.400. The van der Waals surface area contributed by atoms with E-state index in [1.165, 1.54) is 43.4 Å². The standard InChI is InChI=1S/C20H23N3O2S/c1-13-18(19(24)22-20-21-10-11-26-20)16-12-15(25-2)8-9-17(16)23(13)14-6-4-3-5-7-14/h8-12,14H,3-7H2,1-2H3,(H,21,22,24). The largest absolute Gasteiger partial charge is 0.497 e. The average Bonchev–Trinajstić information content (AvgIpc) is 3.26. The van der Waals surface area contributed by atoms with Gasteiger partial charge >= 0.3 is 0 Å². The molecule has 4 rings (SSSR count). The number of amides is 1. The highest BCUT2D eigenvalue weighted by Crippen LogP contribution is 2.37. The van der Waals surface area contributed by atoms with Crippen molar-refractivity contribution >= 4 is 33.3 Å². The van der Waals surface area contributed by atoms with Gasteiger partial charge in [0.2, 0.25) is 0 Å². The van der Waals surface area contributed by atoms with Crippen LogP contribution in [-0.2, 0) is 0 Å². The molecular formula is C20H23N3O2S. The lowest BCUT2D eigenvalue weighted by Crippen LogP contribution is -2.16. The third-order valence-electron chi connectivity index (χ3n) is 5.28. The first-order valence-electron chi connectivity index (χ1n) is 9.08. The van der Waals surface area contributed by atoms with Gasteiger partial charge in [-0.3, -0.25) is 10.1 Å². The molecule has 0 unspecified atom stereocenters. The van der Waals surface area contributed by atoms with Crippen LogP contribution in [0, 0.1) is 6.92 Å². The van der Waals surface area contributed by atoms with E-state index >= 15 is 0 Å². The topological polar surface area (TPSA) is 56.1 Å². The molecule has 0 radical (unpaired) electrons. The van der Waals surface area contributed by atoms with Gasteiger partial charge in [0, 0.05) is 34.2 Å². The van der Waals surface area contributed by atoms with Crippen LogP contribution in [0.1, 0.15) is 54.2 Å². The Balaban J connectivity index is 1.84. The second-order valence-corrected chi connectivity index (χ2v) is 7.69. The lowest BCUT2D eigenvalue weighted by molar-refractivity contribution is 0.102. The molecule has 1 aromatic carbocycles. The highest BCUT2D eigenvalue weighted by molar-refractivity contribution is 7.13. The molecule has 6 heteroatoms. The van der Waals surface area contributed by atoms with Crippen molar-refractivity contribution in [3.05, 3.63) is 41.0 Å². The molecule has 0 aliphatic heterocycles. The third-order valence-corrected chi connectivity index (χ3v) is 5.96. The molecule has 1 N–H and O–H groups in total. The van der Waals surface area contributed by atoms with Crippen molar-refractivity contribution in [3.8, 4) is 5.75 Å². The predicted octanol–water partition coefficient (Wildman–Crippen LogP) is 5.17. The Hall–Kier alpha value is -2.34. The van der Waals surface area contributed by atoms with Crippen LogP contribution in [0.15, 0.2) is 29.8 Å². The zero-order valence-corrected chi connectivity index (χ0v) is 15.9. The van der Waals surface area contributed by atoms with Gasteiger partial charge in [-0.25, -0.2) is 4.98 Å². The molecule has 1 aliphatic rings. The summed E-state index contributed by atoms with van der Waals surface area (Å²) in [5.41, 5.74) is 2.85. The summed E-state index contributed by atoms with van der Waals surface area (Å²) in [6.45, 7) is 2.05. The molecule has 3 aromatic rings. The first-order valence-corrected chi connectivity index (χ1v) is 9.96. The smallest absolute Gasteiger partial charge is 0.259 e. The Morgan fingerprint density at radius 1 is 1.31 bits per heavy atom. The van der Waals surface area contributed by atoms with E-state index in [9.17, 15) is 4.79 Å². The SMILES string of the molecule is COc1ccc2c(c1)c(C(=O)Nc1nccs1)c(C)n2C1CCCCC1. The van der Waals surface area contributed by atoms with Crippen molar-refractivity contribution in [2.24, 2.45) is 0 Å². The fourth-order valence-electron chi connectivity index (χ4n) is 4.09. The van der Waals surface area contributed by atoms with Gasteiger partial charge in [-0.05, 0) is 38.0 Å². The molecule has 2 aromatic heterocycles. The number of benzene rings is 1. The summed E-state index contributed by atoms with van der Waals surface area (Å²) in [6.07, 6.45) is 7.84. The van der Waals surface area contributed by atoms with E-state index < -0.39 is 0 Å². The number of hydrogen-bond acceptors (Lipinski definition) is 4. The molecule has 0 atom stereocenters. The molecule has 5 nitrogen and oxygen atoms in total. The van der Waals surface area contributed by atoms with Gasteiger partial charge < -0.3 is 9.30 Å². The second-order valence-electron chi connectivity index (χ2n) is 6.80. The van der Waals surface area contributed by atoms with Gasteiger partial charge in [0.15, 0.2) is 5.13 Å². The highest BCUT2D eigenvalue weighted by atomic mass is 32.1. The van der Waals surface area contributed by atoms with Crippen LogP contribution in [-0.4, -0.2) is 22.6 Å². The summed E-state index contributed by atoms with van der Waals surface area (Å²) >= 11 is 1.43. The van der Waals surface area contributed by atoms with Crippen molar-refractivity contribution in [2.75, 3.05) is 12.4 Å². The van der Waals surface area contributed by atoms with Crippen molar-refractivity contribution in [3.63, 3.8) is 0 Å². The van der Waals surface area contributed by atoms with Crippen molar-refractivity contribution in [2.45, 2.75) is 45.1 Å². The monoisotopic (exact) mass is 369 g/mol. The number of carbonyl (C=O) groups is 1. The fourth-order valence-corrected chi connectivity index (χ4v) is 4.61. The molecule has 2 heterocycles. The molecule has 1 fully saturated rings. The molecule has 1 saturated carbocycles. The summed E-state index contributed by atoms with van der Waals surface area (Å²) in [7, 11) is 1.65. The third kappa shape index (κ3) is 2.98. The summed E-state index contributed by atoms with van der Waals surface area (Å²) in [4.78, 5) is 17.2. The number of nitrogens with one attached hydrogen (secondary N) is 1. The number of hydrogen-bond donors (Lipinski definition) is 1. The van der Waals surface area contributed by atoms with Crippen LogP contribution in [0.4, 0.5) is 5.13 Å². The van der Waals surface area contributed by atoms with Crippen LogP contribution in [0.5, 0.6) is 5.75 Å². The van der Waals surface area contributed by atoms with Gasteiger partial charge in [0.1, 0.15) is 5.75 Å². The Kier molecular flexibility index (Phi) is 4.68. The molecule has 136 valence electrons. The number of nitrogens with zero attached hydrogens (tertiary/aromatic N) is 2. The Labute approximate surface area is 157 Å². The van der Waals surface area contributed by atoms with E-state index in [0.717, 1.165) is 27.9 Å². The summed E-state index contributed by atoms with van der Waals surface area (Å²) in [6, 6.07) is 6.49. The van der Waals surface area contributed by atoms with Gasteiger partial charge in [-0.1, -0.05) is 19.3 Å². The Bertz CT molecular complexity index is 924. The number of methoxy groups -OCH3 is 1. The van der Waals surface area contributed by atoms with Gasteiger partial charge in [0.05, 0.1) is 12.7 Å². The quantitative estimate of drug-likeness (QED) is 0.690. The molecule has 0 bridgehead atoms. The first kappa shape index (κ1) is 17.1. The van der Waals surface area contributed by atoms with E-state index in [4.69, 9.17) is 4.74 Å². The number of rotatable bonds is 4. The number of thiazole rings is 1. The van der Waals surface area contributed by atoms with E-state index in [1.54, 1.807) is 13.3 Å². The van der Waals surface area contributed by atoms with Crippen molar-refractivity contribution in [1.29, 1.82) is 0 Å². The Morgan fingerprint density at radius 2 is 2.12 bits per heavy atom. The maximum absolute atomic E-state index is 13.0. The summed E-state index contributed by atoms with van der Waals surface area (Å²) in [5, 5.41) is 6.36. The van der Waals surface area contributed by atoms with E-state index in [0.29, 0.717) is 11.2 Å². The highest BCUT2D eigenvalue weighted by Gasteiger charge is 2.26. The van der Waals surface area contributed by atoms with E-state index in [1.807, 2.05) is 17.5 Å². The molecule has 0 saturated heterocycles. The lowest BCUT2D eigenvalue weighted by Gasteiger charge is -2.26. The zero-order chi connectivity index (χ0) is 18.1.